The molecule has 3 heterocycles. The van der Waals surface area contributed by atoms with Gasteiger partial charge in [-0.1, -0.05) is 79.7 Å². The van der Waals surface area contributed by atoms with Gasteiger partial charge in [-0.3, -0.25) is 14.6 Å². The highest BCUT2D eigenvalue weighted by atomic mass is 16.2. The summed E-state index contributed by atoms with van der Waals surface area (Å²) in [6.45, 7) is 1.83. The number of aromatic nitrogens is 2. The third-order valence-corrected chi connectivity index (χ3v) is 6.76. The molecule has 0 bridgehead atoms. The number of nitrogens with zero attached hydrogens (tertiary/aromatic N) is 3. The molecule has 3 aromatic carbocycles. The lowest BCUT2D eigenvalue weighted by molar-refractivity contribution is -0.132. The van der Waals surface area contributed by atoms with Crippen molar-refractivity contribution in [1.82, 2.24) is 15.0 Å². The van der Waals surface area contributed by atoms with Gasteiger partial charge in [-0.05, 0) is 17.7 Å². The predicted octanol–water partition coefficient (Wildman–Crippen LogP) is 5.83. The summed E-state index contributed by atoms with van der Waals surface area (Å²) in [6.07, 6.45) is 2.49. The van der Waals surface area contributed by atoms with Gasteiger partial charge in [0.05, 0.1) is 22.8 Å². The molecule has 0 fully saturated rings. The minimum atomic E-state index is -0.347. The second-order valence-electron chi connectivity index (χ2n) is 8.90. The van der Waals surface area contributed by atoms with Gasteiger partial charge in [-0.2, -0.15) is 5.10 Å². The number of amides is 1. The van der Waals surface area contributed by atoms with Crippen LogP contribution in [-0.4, -0.2) is 26.6 Å². The Labute approximate surface area is 207 Å². The van der Waals surface area contributed by atoms with Crippen LogP contribution in [-0.2, 0) is 4.79 Å². The van der Waals surface area contributed by atoms with Gasteiger partial charge >= 0.3 is 0 Å². The second-order valence-corrected chi connectivity index (χ2v) is 8.90. The van der Waals surface area contributed by atoms with Crippen molar-refractivity contribution in [3.63, 3.8) is 0 Å². The van der Waals surface area contributed by atoms with Crippen molar-refractivity contribution in [2.75, 3.05) is 0 Å². The van der Waals surface area contributed by atoms with Crippen LogP contribution < -0.4 is 5.56 Å². The molecular formula is C30H24N4O2. The van der Waals surface area contributed by atoms with Gasteiger partial charge in [0.25, 0.3) is 5.56 Å². The zero-order chi connectivity index (χ0) is 24.6. The minimum absolute atomic E-state index is 0.0959. The summed E-state index contributed by atoms with van der Waals surface area (Å²) in [6, 6.07) is 27.2. The summed E-state index contributed by atoms with van der Waals surface area (Å²) in [7, 11) is 0. The Morgan fingerprint density at radius 3 is 2.56 bits per heavy atom. The Bertz CT molecular complexity index is 1700. The number of hydrogen-bond acceptors (Lipinski definition) is 4. The lowest BCUT2D eigenvalue weighted by Gasteiger charge is -2.22. The molecule has 6 nitrogen and oxygen atoms in total. The normalized spacial score (nSPS) is 15.4. The first kappa shape index (κ1) is 21.9. The van der Waals surface area contributed by atoms with Crippen molar-refractivity contribution in [3.05, 3.63) is 113 Å². The van der Waals surface area contributed by atoms with Crippen LogP contribution in [0.3, 0.4) is 0 Å². The van der Waals surface area contributed by atoms with Crippen molar-refractivity contribution in [2.45, 2.75) is 25.8 Å². The molecule has 1 N–H and O–H groups in total. The zero-order valence-corrected chi connectivity index (χ0v) is 19.8. The van der Waals surface area contributed by atoms with Crippen molar-refractivity contribution >= 4 is 33.4 Å². The Kier molecular flexibility index (Phi) is 5.41. The van der Waals surface area contributed by atoms with E-state index >= 15 is 0 Å². The molecule has 176 valence electrons. The largest absolute Gasteiger partial charge is 0.321 e. The van der Waals surface area contributed by atoms with E-state index in [9.17, 15) is 9.59 Å². The fourth-order valence-electron chi connectivity index (χ4n) is 5.12. The summed E-state index contributed by atoms with van der Waals surface area (Å²) in [5.41, 5.74) is 5.17. The van der Waals surface area contributed by atoms with Gasteiger partial charge in [0.2, 0.25) is 5.91 Å². The monoisotopic (exact) mass is 472 g/mol. The van der Waals surface area contributed by atoms with Gasteiger partial charge in [0, 0.05) is 46.5 Å². The summed E-state index contributed by atoms with van der Waals surface area (Å²) in [4.78, 5) is 34.3. The Morgan fingerprint density at radius 2 is 1.72 bits per heavy atom. The van der Waals surface area contributed by atoms with Crippen molar-refractivity contribution < 1.29 is 4.79 Å². The minimum Gasteiger partial charge on any atom is -0.321 e. The lowest BCUT2D eigenvalue weighted by atomic mass is 9.90. The number of hydrogen-bond donors (Lipinski definition) is 1. The number of H-pyrrole nitrogens is 1. The third kappa shape index (κ3) is 3.58. The number of pyridine rings is 2. The van der Waals surface area contributed by atoms with E-state index in [0.29, 0.717) is 24.1 Å². The van der Waals surface area contributed by atoms with Crippen LogP contribution in [0.4, 0.5) is 0 Å². The number of rotatable bonds is 4. The highest BCUT2D eigenvalue weighted by Crippen LogP contribution is 2.38. The number of carbonyl (C=O) groups is 1. The van der Waals surface area contributed by atoms with E-state index in [0.717, 1.165) is 38.5 Å². The molecule has 0 aliphatic carbocycles. The number of fused-ring (bicyclic) bond motifs is 2. The maximum absolute atomic E-state index is 13.6. The maximum atomic E-state index is 13.6. The molecule has 36 heavy (non-hydrogen) atoms. The number of nitrogens with one attached hydrogen (secondary N) is 1. The van der Waals surface area contributed by atoms with Crippen LogP contribution >= 0.6 is 0 Å². The fourth-order valence-corrected chi connectivity index (χ4v) is 5.12. The average Bonchev–Trinajstić information content (AvgIpc) is 3.36. The van der Waals surface area contributed by atoms with Gasteiger partial charge < -0.3 is 4.98 Å². The van der Waals surface area contributed by atoms with Crippen molar-refractivity contribution in [3.8, 4) is 11.1 Å². The first-order valence-electron chi connectivity index (χ1n) is 12.1. The van der Waals surface area contributed by atoms with Gasteiger partial charge in [0.15, 0.2) is 0 Å². The van der Waals surface area contributed by atoms with E-state index < -0.39 is 0 Å². The first-order valence-corrected chi connectivity index (χ1v) is 12.1. The highest BCUT2D eigenvalue weighted by Gasteiger charge is 2.35. The van der Waals surface area contributed by atoms with Gasteiger partial charge in [-0.15, -0.1) is 0 Å². The van der Waals surface area contributed by atoms with E-state index in [-0.39, 0.29) is 17.5 Å². The molecule has 0 saturated heterocycles. The summed E-state index contributed by atoms with van der Waals surface area (Å²) >= 11 is 0. The topological polar surface area (TPSA) is 78.4 Å². The van der Waals surface area contributed by atoms with Crippen LogP contribution in [0.1, 0.15) is 36.9 Å². The molecule has 1 aliphatic heterocycles. The third-order valence-electron chi connectivity index (χ3n) is 6.76. The molecule has 1 amide bonds. The van der Waals surface area contributed by atoms with Gasteiger partial charge in [0.1, 0.15) is 0 Å². The van der Waals surface area contributed by atoms with Crippen LogP contribution in [0.15, 0.2) is 101 Å². The van der Waals surface area contributed by atoms with Crippen molar-refractivity contribution in [1.29, 1.82) is 0 Å². The molecule has 6 heteroatoms. The number of hydrazone groups is 1. The first-order chi connectivity index (χ1) is 17.7. The SMILES string of the molecule is CCC(=O)N1N=C(c2c(-c3ccccc3)c3ccccc3[nH]c2=O)CC1c1cccc2cccnc12. The smallest absolute Gasteiger partial charge is 0.258 e. The quantitative estimate of drug-likeness (QED) is 0.357. The molecule has 0 saturated carbocycles. The molecule has 2 aromatic heterocycles. The highest BCUT2D eigenvalue weighted by molar-refractivity contribution is 6.13. The Hall–Kier alpha value is -4.58. The lowest BCUT2D eigenvalue weighted by Crippen LogP contribution is -2.26. The standard InChI is InChI=1S/C30H24N4O2/c1-2-26(35)34-25(22-15-8-12-20-13-9-17-31-29(20)22)18-24(33-34)28-27(19-10-4-3-5-11-19)21-14-6-7-16-23(21)32-30(28)36/h3-17,25H,2,18H2,1H3,(H,32,36). The molecule has 0 spiro atoms. The maximum Gasteiger partial charge on any atom is 0.258 e. The van der Waals surface area contributed by atoms with Crippen LogP contribution in [0.25, 0.3) is 32.9 Å². The number of benzene rings is 3. The molecule has 1 atom stereocenters. The molecule has 6 rings (SSSR count). The number of aromatic amines is 1. The van der Waals surface area contributed by atoms with E-state index in [2.05, 4.69) is 9.97 Å². The molecule has 5 aromatic rings. The van der Waals surface area contributed by atoms with E-state index in [1.165, 1.54) is 0 Å². The van der Waals surface area contributed by atoms with Crippen molar-refractivity contribution in [2.24, 2.45) is 5.10 Å². The summed E-state index contributed by atoms with van der Waals surface area (Å²) < 4.78 is 0. The van der Waals surface area contributed by atoms with Crippen LogP contribution in [0, 0.1) is 0 Å². The fraction of sp³-hybridized carbons (Fsp3) is 0.133. The number of para-hydroxylation sites is 2. The summed E-state index contributed by atoms with van der Waals surface area (Å²) in [5.74, 6) is -0.0959. The second kappa shape index (κ2) is 8.89. The van der Waals surface area contributed by atoms with E-state index in [1.54, 1.807) is 11.2 Å². The molecule has 1 unspecified atom stereocenters. The van der Waals surface area contributed by atoms with E-state index in [1.807, 2.05) is 91.9 Å². The zero-order valence-electron chi connectivity index (χ0n) is 19.8. The Balaban J connectivity index is 1.57. The Morgan fingerprint density at radius 1 is 0.944 bits per heavy atom. The van der Waals surface area contributed by atoms with Crippen LogP contribution in [0.2, 0.25) is 0 Å². The number of carbonyl (C=O) groups excluding carboxylic acids is 1. The van der Waals surface area contributed by atoms with Crippen LogP contribution in [0.5, 0.6) is 0 Å². The van der Waals surface area contributed by atoms with Gasteiger partial charge in [-0.25, -0.2) is 5.01 Å². The molecule has 1 aliphatic rings. The predicted molar refractivity (Wildman–Crippen MR) is 143 cm³/mol. The van der Waals surface area contributed by atoms with E-state index in [4.69, 9.17) is 5.10 Å². The molecular weight excluding hydrogens is 448 g/mol. The molecule has 0 radical (unpaired) electrons. The average molecular weight is 473 g/mol. The summed E-state index contributed by atoms with van der Waals surface area (Å²) in [5, 5.41) is 8.28.